The summed E-state index contributed by atoms with van der Waals surface area (Å²) in [5.74, 6) is 0. The minimum Gasteiger partial charge on any atom is -0.384 e. The molecule has 0 saturated carbocycles. The van der Waals surface area contributed by atoms with Crippen LogP contribution in [0.1, 0.15) is 19.8 Å². The van der Waals surface area contributed by atoms with Gasteiger partial charge in [-0.3, -0.25) is 0 Å². The maximum absolute atomic E-state index is 5.87. The van der Waals surface area contributed by atoms with Crippen LogP contribution in [0, 0.1) is 0 Å². The van der Waals surface area contributed by atoms with E-state index in [1.165, 1.54) is 12.8 Å². The second-order valence-corrected chi connectivity index (χ2v) is 3.98. The second-order valence-electron chi connectivity index (χ2n) is 3.54. The van der Waals surface area contributed by atoms with E-state index in [9.17, 15) is 0 Å². The summed E-state index contributed by atoms with van der Waals surface area (Å²) < 4.78 is 0. The molecule has 1 aromatic carbocycles. The van der Waals surface area contributed by atoms with E-state index in [2.05, 4.69) is 17.6 Å². The third kappa shape index (κ3) is 5.65. The van der Waals surface area contributed by atoms with Crippen LogP contribution >= 0.6 is 11.6 Å². The normalized spacial score (nSPS) is 10.3. The highest BCUT2D eigenvalue weighted by atomic mass is 35.5. The zero-order valence-electron chi connectivity index (χ0n) is 9.22. The maximum Gasteiger partial charge on any atom is 0.0426 e. The average molecular weight is 227 g/mol. The first-order chi connectivity index (χ1) is 7.33. The van der Waals surface area contributed by atoms with Gasteiger partial charge in [-0.05, 0) is 31.2 Å². The third-order valence-corrected chi connectivity index (χ3v) is 2.40. The van der Waals surface area contributed by atoms with Crippen molar-refractivity contribution in [1.29, 1.82) is 0 Å². The van der Waals surface area contributed by atoms with Crippen LogP contribution in [0.3, 0.4) is 0 Å². The molecule has 1 rings (SSSR count). The SMILES string of the molecule is CCCCNCCNc1cccc(Cl)c1. The third-order valence-electron chi connectivity index (χ3n) is 2.16. The van der Waals surface area contributed by atoms with Gasteiger partial charge in [0.15, 0.2) is 0 Å². The van der Waals surface area contributed by atoms with Crippen molar-refractivity contribution in [3.05, 3.63) is 29.3 Å². The van der Waals surface area contributed by atoms with E-state index in [4.69, 9.17) is 11.6 Å². The Labute approximate surface area is 97.0 Å². The topological polar surface area (TPSA) is 24.1 Å². The van der Waals surface area contributed by atoms with Crippen molar-refractivity contribution in [1.82, 2.24) is 5.32 Å². The summed E-state index contributed by atoms with van der Waals surface area (Å²) in [6.07, 6.45) is 2.49. The van der Waals surface area contributed by atoms with Crippen molar-refractivity contribution < 1.29 is 0 Å². The van der Waals surface area contributed by atoms with Gasteiger partial charge in [-0.1, -0.05) is 31.0 Å². The monoisotopic (exact) mass is 226 g/mol. The Hall–Kier alpha value is -0.730. The first-order valence-electron chi connectivity index (χ1n) is 5.53. The fourth-order valence-electron chi connectivity index (χ4n) is 1.32. The summed E-state index contributed by atoms with van der Waals surface area (Å²) in [7, 11) is 0. The summed E-state index contributed by atoms with van der Waals surface area (Å²) >= 11 is 5.87. The molecule has 0 aromatic heterocycles. The zero-order chi connectivity index (χ0) is 10.9. The highest BCUT2D eigenvalue weighted by Crippen LogP contribution is 2.14. The standard InChI is InChI=1S/C12H19ClN2/c1-2-3-7-14-8-9-15-12-6-4-5-11(13)10-12/h4-6,10,14-15H,2-3,7-9H2,1H3. The number of halogens is 1. The van der Waals surface area contributed by atoms with Crippen molar-refractivity contribution in [3.8, 4) is 0 Å². The van der Waals surface area contributed by atoms with Gasteiger partial charge >= 0.3 is 0 Å². The van der Waals surface area contributed by atoms with Crippen molar-refractivity contribution in [2.45, 2.75) is 19.8 Å². The molecule has 84 valence electrons. The molecular formula is C12H19ClN2. The van der Waals surface area contributed by atoms with E-state index in [0.717, 1.165) is 30.3 Å². The van der Waals surface area contributed by atoms with E-state index >= 15 is 0 Å². The van der Waals surface area contributed by atoms with Crippen LogP contribution in [-0.4, -0.2) is 19.6 Å². The Bertz CT molecular complexity index is 276. The van der Waals surface area contributed by atoms with Gasteiger partial charge in [0.05, 0.1) is 0 Å². The highest BCUT2D eigenvalue weighted by Gasteiger charge is 1.92. The molecule has 0 unspecified atom stereocenters. The molecule has 0 aliphatic rings. The first kappa shape index (κ1) is 12.3. The van der Waals surface area contributed by atoms with Crippen molar-refractivity contribution >= 4 is 17.3 Å². The molecule has 2 nitrogen and oxygen atoms in total. The summed E-state index contributed by atoms with van der Waals surface area (Å²) in [5.41, 5.74) is 1.08. The molecule has 0 amide bonds. The number of anilines is 1. The molecule has 0 fully saturated rings. The van der Waals surface area contributed by atoms with Crippen LogP contribution in [-0.2, 0) is 0 Å². The number of rotatable bonds is 7. The molecule has 15 heavy (non-hydrogen) atoms. The predicted molar refractivity (Wildman–Crippen MR) is 67.7 cm³/mol. The van der Waals surface area contributed by atoms with E-state index < -0.39 is 0 Å². The Morgan fingerprint density at radius 1 is 1.20 bits per heavy atom. The lowest BCUT2D eigenvalue weighted by Crippen LogP contribution is -2.23. The van der Waals surface area contributed by atoms with E-state index in [1.807, 2.05) is 24.3 Å². The van der Waals surface area contributed by atoms with Crippen LogP contribution in [0.25, 0.3) is 0 Å². The summed E-state index contributed by atoms with van der Waals surface area (Å²) in [6, 6.07) is 7.80. The molecule has 0 aliphatic carbocycles. The van der Waals surface area contributed by atoms with Crippen molar-refractivity contribution in [2.75, 3.05) is 25.0 Å². The molecule has 0 spiro atoms. The van der Waals surface area contributed by atoms with Gasteiger partial charge in [0.25, 0.3) is 0 Å². The van der Waals surface area contributed by atoms with Crippen LogP contribution < -0.4 is 10.6 Å². The van der Waals surface area contributed by atoms with Gasteiger partial charge in [-0.25, -0.2) is 0 Å². The zero-order valence-corrected chi connectivity index (χ0v) is 9.98. The van der Waals surface area contributed by atoms with E-state index in [-0.39, 0.29) is 0 Å². The van der Waals surface area contributed by atoms with Crippen LogP contribution in [0.2, 0.25) is 5.02 Å². The van der Waals surface area contributed by atoms with Gasteiger partial charge in [-0.2, -0.15) is 0 Å². The lowest BCUT2D eigenvalue weighted by atomic mass is 10.3. The van der Waals surface area contributed by atoms with Gasteiger partial charge in [0.2, 0.25) is 0 Å². The van der Waals surface area contributed by atoms with Gasteiger partial charge < -0.3 is 10.6 Å². The quantitative estimate of drug-likeness (QED) is 0.698. The lowest BCUT2D eigenvalue weighted by Gasteiger charge is -2.07. The average Bonchev–Trinajstić information content (AvgIpc) is 2.23. The van der Waals surface area contributed by atoms with E-state index in [1.54, 1.807) is 0 Å². The van der Waals surface area contributed by atoms with Crippen LogP contribution in [0.15, 0.2) is 24.3 Å². The number of benzene rings is 1. The smallest absolute Gasteiger partial charge is 0.0426 e. The molecule has 0 atom stereocenters. The fourth-order valence-corrected chi connectivity index (χ4v) is 1.51. The molecular weight excluding hydrogens is 208 g/mol. The summed E-state index contributed by atoms with van der Waals surface area (Å²) in [4.78, 5) is 0. The number of hydrogen-bond acceptors (Lipinski definition) is 2. The maximum atomic E-state index is 5.87. The molecule has 3 heteroatoms. The molecule has 0 aliphatic heterocycles. The Morgan fingerprint density at radius 2 is 2.07 bits per heavy atom. The summed E-state index contributed by atoms with van der Waals surface area (Å²) in [5, 5.41) is 7.47. The summed E-state index contributed by atoms with van der Waals surface area (Å²) in [6.45, 7) is 5.23. The minimum atomic E-state index is 0.777. The first-order valence-corrected chi connectivity index (χ1v) is 5.91. The van der Waals surface area contributed by atoms with Gasteiger partial charge in [0.1, 0.15) is 0 Å². The molecule has 0 radical (unpaired) electrons. The van der Waals surface area contributed by atoms with Gasteiger partial charge in [-0.15, -0.1) is 0 Å². The van der Waals surface area contributed by atoms with Crippen molar-refractivity contribution in [3.63, 3.8) is 0 Å². The van der Waals surface area contributed by atoms with Crippen LogP contribution in [0.5, 0.6) is 0 Å². The molecule has 0 bridgehead atoms. The largest absolute Gasteiger partial charge is 0.384 e. The molecule has 2 N–H and O–H groups in total. The van der Waals surface area contributed by atoms with Crippen LogP contribution in [0.4, 0.5) is 5.69 Å². The minimum absolute atomic E-state index is 0.777. The highest BCUT2D eigenvalue weighted by molar-refractivity contribution is 6.30. The van der Waals surface area contributed by atoms with Gasteiger partial charge in [0, 0.05) is 23.8 Å². The second kappa shape index (κ2) is 7.55. The molecule has 1 aromatic rings. The van der Waals surface area contributed by atoms with E-state index in [0.29, 0.717) is 0 Å². The lowest BCUT2D eigenvalue weighted by molar-refractivity contribution is 0.652. The number of nitrogens with one attached hydrogen (secondary N) is 2. The predicted octanol–water partition coefficient (Wildman–Crippen LogP) is 3.14. The molecule has 0 saturated heterocycles. The Balaban J connectivity index is 2.10. The Morgan fingerprint density at radius 3 is 2.80 bits per heavy atom. The Kier molecular flexibility index (Phi) is 6.21. The fraction of sp³-hybridized carbons (Fsp3) is 0.500. The molecule has 0 heterocycles. The van der Waals surface area contributed by atoms with Crippen molar-refractivity contribution in [2.24, 2.45) is 0 Å². The number of hydrogen-bond donors (Lipinski definition) is 2. The number of unbranched alkanes of at least 4 members (excludes halogenated alkanes) is 1.